The molecule has 1 aromatic heterocycles. The van der Waals surface area contributed by atoms with Crippen LogP contribution in [-0.4, -0.2) is 14.2 Å². The number of hydrogen-bond acceptors (Lipinski definition) is 3. The first-order chi connectivity index (χ1) is 12.1. The number of aromatic hydroxyl groups is 1. The molecule has 0 aliphatic heterocycles. The van der Waals surface area contributed by atoms with Crippen molar-refractivity contribution in [2.24, 2.45) is 0 Å². The highest BCUT2D eigenvalue weighted by molar-refractivity contribution is 5.15. The van der Waals surface area contributed by atoms with Crippen molar-refractivity contribution in [1.29, 1.82) is 0 Å². The average molecular weight is 344 g/mol. The zero-order valence-corrected chi connectivity index (χ0v) is 15.0. The lowest BCUT2D eigenvalue weighted by Gasteiger charge is -2.12. The maximum Gasteiger partial charge on any atom is 0.333 e. The lowest BCUT2D eigenvalue weighted by Crippen LogP contribution is -2.39. The van der Waals surface area contributed by atoms with Crippen molar-refractivity contribution in [2.75, 3.05) is 0 Å². The van der Waals surface area contributed by atoms with Gasteiger partial charge >= 0.3 is 5.69 Å². The van der Waals surface area contributed by atoms with Gasteiger partial charge in [-0.05, 0) is 18.4 Å². The van der Waals surface area contributed by atoms with Gasteiger partial charge in [0, 0.05) is 13.1 Å². The van der Waals surface area contributed by atoms with Gasteiger partial charge in [0.1, 0.15) is 0 Å². The van der Waals surface area contributed by atoms with Gasteiger partial charge in [-0.15, -0.1) is 0 Å². The van der Waals surface area contributed by atoms with Gasteiger partial charge in [-0.3, -0.25) is 13.9 Å². The van der Waals surface area contributed by atoms with Crippen molar-refractivity contribution < 1.29 is 5.11 Å². The summed E-state index contributed by atoms with van der Waals surface area (Å²) in [6.07, 6.45) is 7.23. The van der Waals surface area contributed by atoms with E-state index in [4.69, 9.17) is 0 Å². The standard InChI is InChI=1S/C20H28N2O3/c1-2-3-4-5-6-10-14-21-18(23)16-19(24)22(20(21)25)15-13-17-11-8-7-9-12-17/h7-9,11-12,16,23H,2-6,10,13-15H2,1H3. The van der Waals surface area contributed by atoms with Crippen LogP contribution >= 0.6 is 0 Å². The van der Waals surface area contributed by atoms with Crippen molar-refractivity contribution in [1.82, 2.24) is 9.13 Å². The van der Waals surface area contributed by atoms with Crippen LogP contribution in [0.5, 0.6) is 5.88 Å². The molecule has 0 aliphatic rings. The number of aromatic nitrogens is 2. The highest BCUT2D eigenvalue weighted by Gasteiger charge is 2.10. The summed E-state index contributed by atoms with van der Waals surface area (Å²) in [6.45, 7) is 2.94. The van der Waals surface area contributed by atoms with E-state index in [0.717, 1.165) is 30.9 Å². The summed E-state index contributed by atoms with van der Waals surface area (Å²) in [7, 11) is 0. The van der Waals surface area contributed by atoms with E-state index in [0.29, 0.717) is 19.5 Å². The summed E-state index contributed by atoms with van der Waals surface area (Å²) in [5.41, 5.74) is 0.205. The Morgan fingerprint density at radius 2 is 1.56 bits per heavy atom. The number of benzene rings is 1. The molecule has 1 N–H and O–H groups in total. The van der Waals surface area contributed by atoms with E-state index in [9.17, 15) is 14.7 Å². The summed E-state index contributed by atoms with van der Waals surface area (Å²) in [6, 6.07) is 10.9. The topological polar surface area (TPSA) is 64.2 Å². The fourth-order valence-corrected chi connectivity index (χ4v) is 2.96. The fourth-order valence-electron chi connectivity index (χ4n) is 2.96. The maximum atomic E-state index is 12.6. The molecule has 5 nitrogen and oxygen atoms in total. The Balaban J connectivity index is 2.03. The second-order valence-electron chi connectivity index (χ2n) is 6.43. The van der Waals surface area contributed by atoms with Crippen LogP contribution in [0, 0.1) is 0 Å². The third-order valence-electron chi connectivity index (χ3n) is 4.46. The molecule has 25 heavy (non-hydrogen) atoms. The molecule has 0 saturated carbocycles. The Kier molecular flexibility index (Phi) is 7.51. The molecule has 1 heterocycles. The zero-order valence-electron chi connectivity index (χ0n) is 15.0. The Bertz CT molecular complexity index is 763. The van der Waals surface area contributed by atoms with Crippen LogP contribution in [0.4, 0.5) is 0 Å². The van der Waals surface area contributed by atoms with Crippen LogP contribution in [0.2, 0.25) is 0 Å². The lowest BCUT2D eigenvalue weighted by molar-refractivity contribution is 0.380. The SMILES string of the molecule is CCCCCCCCn1c(O)cc(=O)n(CCc2ccccc2)c1=O. The van der Waals surface area contributed by atoms with Gasteiger partial charge in [-0.25, -0.2) is 4.79 Å². The summed E-state index contributed by atoms with van der Waals surface area (Å²) >= 11 is 0. The number of hydrogen-bond donors (Lipinski definition) is 1. The quantitative estimate of drug-likeness (QED) is 0.673. The van der Waals surface area contributed by atoms with Crippen LogP contribution in [0.1, 0.15) is 51.0 Å². The average Bonchev–Trinajstić information content (AvgIpc) is 2.61. The number of nitrogens with zero attached hydrogens (tertiary/aromatic N) is 2. The first kappa shape index (κ1) is 19.0. The lowest BCUT2D eigenvalue weighted by atomic mass is 10.1. The molecule has 5 heteroatoms. The Hall–Kier alpha value is -2.30. The molecule has 0 saturated heterocycles. The Morgan fingerprint density at radius 1 is 0.880 bits per heavy atom. The molecule has 0 amide bonds. The molecule has 1 aromatic carbocycles. The minimum atomic E-state index is -0.447. The molecule has 0 unspecified atom stereocenters. The van der Waals surface area contributed by atoms with E-state index >= 15 is 0 Å². The molecule has 0 bridgehead atoms. The van der Waals surface area contributed by atoms with Crippen LogP contribution in [0.3, 0.4) is 0 Å². The van der Waals surface area contributed by atoms with E-state index in [1.165, 1.54) is 28.4 Å². The summed E-state index contributed by atoms with van der Waals surface area (Å²) in [5.74, 6) is -0.237. The van der Waals surface area contributed by atoms with Gasteiger partial charge in [0.05, 0.1) is 6.07 Å². The van der Waals surface area contributed by atoms with Gasteiger partial charge in [-0.2, -0.15) is 0 Å². The van der Waals surface area contributed by atoms with Crippen molar-refractivity contribution in [3.05, 3.63) is 62.8 Å². The van der Waals surface area contributed by atoms with E-state index < -0.39 is 11.2 Å². The number of aryl methyl sites for hydroxylation is 1. The minimum absolute atomic E-state index is 0.237. The molecule has 2 rings (SSSR count). The molecular weight excluding hydrogens is 316 g/mol. The van der Waals surface area contributed by atoms with Gasteiger partial charge < -0.3 is 5.11 Å². The molecular formula is C20H28N2O3. The van der Waals surface area contributed by atoms with Crippen molar-refractivity contribution >= 4 is 0 Å². The molecule has 0 atom stereocenters. The summed E-state index contributed by atoms with van der Waals surface area (Å²) in [4.78, 5) is 24.6. The Morgan fingerprint density at radius 3 is 2.28 bits per heavy atom. The van der Waals surface area contributed by atoms with Crippen LogP contribution in [-0.2, 0) is 19.5 Å². The molecule has 0 spiro atoms. The zero-order chi connectivity index (χ0) is 18.1. The van der Waals surface area contributed by atoms with Crippen molar-refractivity contribution in [3.63, 3.8) is 0 Å². The minimum Gasteiger partial charge on any atom is -0.494 e. The fraction of sp³-hybridized carbons (Fsp3) is 0.500. The predicted molar refractivity (Wildman–Crippen MR) is 100 cm³/mol. The first-order valence-corrected chi connectivity index (χ1v) is 9.21. The predicted octanol–water partition coefficient (Wildman–Crippen LogP) is 3.32. The largest absolute Gasteiger partial charge is 0.494 e. The van der Waals surface area contributed by atoms with Gasteiger partial charge in [-0.1, -0.05) is 69.4 Å². The van der Waals surface area contributed by atoms with Crippen LogP contribution in [0.25, 0.3) is 0 Å². The second-order valence-corrected chi connectivity index (χ2v) is 6.43. The highest BCUT2D eigenvalue weighted by atomic mass is 16.3. The van der Waals surface area contributed by atoms with Crippen molar-refractivity contribution in [3.8, 4) is 5.88 Å². The normalized spacial score (nSPS) is 10.9. The Labute approximate surface area is 148 Å². The third-order valence-corrected chi connectivity index (χ3v) is 4.46. The molecule has 2 aromatic rings. The van der Waals surface area contributed by atoms with E-state index in [-0.39, 0.29) is 5.88 Å². The highest BCUT2D eigenvalue weighted by Crippen LogP contribution is 2.09. The summed E-state index contributed by atoms with van der Waals surface area (Å²) in [5, 5.41) is 9.97. The first-order valence-electron chi connectivity index (χ1n) is 9.21. The molecule has 0 aliphatic carbocycles. The van der Waals surface area contributed by atoms with Gasteiger partial charge in [0.15, 0.2) is 0 Å². The smallest absolute Gasteiger partial charge is 0.333 e. The van der Waals surface area contributed by atoms with Gasteiger partial charge in [0.2, 0.25) is 5.88 Å². The molecule has 136 valence electrons. The van der Waals surface area contributed by atoms with E-state index in [1.54, 1.807) is 0 Å². The number of unbranched alkanes of at least 4 members (excludes halogenated alkanes) is 5. The third kappa shape index (κ3) is 5.62. The molecule has 0 radical (unpaired) electrons. The van der Waals surface area contributed by atoms with Crippen LogP contribution < -0.4 is 11.2 Å². The van der Waals surface area contributed by atoms with Gasteiger partial charge in [0.25, 0.3) is 5.56 Å². The summed E-state index contributed by atoms with van der Waals surface area (Å²) < 4.78 is 2.52. The number of rotatable bonds is 10. The van der Waals surface area contributed by atoms with E-state index in [2.05, 4.69) is 6.92 Å². The van der Waals surface area contributed by atoms with Crippen molar-refractivity contribution in [2.45, 2.75) is 65.0 Å². The monoisotopic (exact) mass is 344 g/mol. The molecule has 0 fully saturated rings. The second kappa shape index (κ2) is 9.87. The van der Waals surface area contributed by atoms with Crippen LogP contribution in [0.15, 0.2) is 46.0 Å². The van der Waals surface area contributed by atoms with E-state index in [1.807, 2.05) is 30.3 Å². The maximum absolute atomic E-state index is 12.6.